The fraction of sp³-hybridized carbons (Fsp3) is 0.0526. The average Bonchev–Trinajstić information content (AvgIpc) is 2.63. The Hall–Kier alpha value is -3.34. The van der Waals surface area contributed by atoms with E-state index < -0.39 is 0 Å². The molecule has 0 saturated carbocycles. The third-order valence-electron chi connectivity index (χ3n) is 3.53. The molecule has 1 aliphatic rings. The Bertz CT molecular complexity index is 782. The summed E-state index contributed by atoms with van der Waals surface area (Å²) < 4.78 is 0. The number of aliphatic imine (C=N–C) groups is 1. The van der Waals surface area contributed by atoms with Gasteiger partial charge < -0.3 is 4.90 Å². The molecule has 0 spiro atoms. The molecule has 0 bridgehead atoms. The zero-order chi connectivity index (χ0) is 16.8. The number of hydrogen-bond donors (Lipinski definition) is 2. The Kier molecular flexibility index (Phi) is 4.72. The minimum absolute atomic E-state index is 0.218. The molecule has 5 nitrogen and oxygen atoms in total. The predicted molar refractivity (Wildman–Crippen MR) is 94.7 cm³/mol. The molecule has 2 aromatic rings. The van der Waals surface area contributed by atoms with Crippen molar-refractivity contribution < 1.29 is 4.79 Å². The van der Waals surface area contributed by atoms with Crippen molar-refractivity contribution in [2.24, 2.45) is 4.99 Å². The van der Waals surface area contributed by atoms with Gasteiger partial charge in [-0.05, 0) is 23.8 Å². The number of hydrogen-bond acceptors (Lipinski definition) is 4. The maximum atomic E-state index is 12.0. The van der Waals surface area contributed by atoms with E-state index in [2.05, 4.69) is 34.6 Å². The molecular weight excluding hydrogens is 300 g/mol. The van der Waals surface area contributed by atoms with Gasteiger partial charge in [0.05, 0.1) is 0 Å². The molecule has 0 radical (unpaired) electrons. The van der Waals surface area contributed by atoms with E-state index in [0.717, 1.165) is 0 Å². The van der Waals surface area contributed by atoms with Crippen molar-refractivity contribution in [3.63, 3.8) is 0 Å². The van der Waals surface area contributed by atoms with Gasteiger partial charge in [0, 0.05) is 18.3 Å². The number of amidine groups is 1. The van der Waals surface area contributed by atoms with Crippen LogP contribution in [0.15, 0.2) is 90.3 Å². The molecule has 1 amide bonds. The van der Waals surface area contributed by atoms with E-state index in [1.807, 2.05) is 47.5 Å². The van der Waals surface area contributed by atoms with Crippen molar-refractivity contribution in [1.82, 2.24) is 15.8 Å². The maximum Gasteiger partial charge on any atom is 0.269 e. The molecule has 2 N–H and O–H groups in total. The maximum absolute atomic E-state index is 12.0. The van der Waals surface area contributed by atoms with Crippen LogP contribution in [0.2, 0.25) is 0 Å². The lowest BCUT2D eigenvalue weighted by molar-refractivity contribution is 0.0944. The number of amides is 1. The molecule has 0 atom stereocenters. The standard InChI is InChI=1S/C19H18N4O/c1-15-20-18(21-22-19(24)17-10-6-3-7-11-17)12-13-23(15)14-16-8-4-2-5-9-16/h2-13H,1,14H2,(H,20,21)(H,22,24). The Balaban J connectivity index is 1.56. The molecule has 2 aromatic carbocycles. The van der Waals surface area contributed by atoms with E-state index in [4.69, 9.17) is 0 Å². The van der Waals surface area contributed by atoms with E-state index in [9.17, 15) is 4.79 Å². The lowest BCUT2D eigenvalue weighted by Crippen LogP contribution is -2.42. The van der Waals surface area contributed by atoms with Gasteiger partial charge >= 0.3 is 0 Å². The van der Waals surface area contributed by atoms with E-state index >= 15 is 0 Å². The molecule has 1 aliphatic heterocycles. The van der Waals surface area contributed by atoms with Gasteiger partial charge in [-0.1, -0.05) is 55.1 Å². The minimum Gasteiger partial charge on any atom is -0.329 e. The third kappa shape index (κ3) is 3.89. The lowest BCUT2D eigenvalue weighted by Gasteiger charge is -2.24. The van der Waals surface area contributed by atoms with Gasteiger partial charge in [0.2, 0.25) is 0 Å². The summed E-state index contributed by atoms with van der Waals surface area (Å²) >= 11 is 0. The van der Waals surface area contributed by atoms with Crippen LogP contribution in [-0.2, 0) is 6.54 Å². The van der Waals surface area contributed by atoms with E-state index in [0.29, 0.717) is 23.8 Å². The molecule has 0 unspecified atom stereocenters. The summed E-state index contributed by atoms with van der Waals surface area (Å²) in [6.45, 7) is 4.66. The van der Waals surface area contributed by atoms with Crippen LogP contribution in [0.25, 0.3) is 0 Å². The quantitative estimate of drug-likeness (QED) is 0.856. The first-order valence-electron chi connectivity index (χ1n) is 7.60. The Labute approximate surface area is 141 Å². The first kappa shape index (κ1) is 15.6. The van der Waals surface area contributed by atoms with E-state index in [1.165, 1.54) is 5.56 Å². The van der Waals surface area contributed by atoms with Crippen LogP contribution in [0.4, 0.5) is 0 Å². The highest BCUT2D eigenvalue weighted by Gasteiger charge is 2.11. The smallest absolute Gasteiger partial charge is 0.269 e. The molecule has 0 saturated heterocycles. The number of carbonyl (C=O) groups excluding carboxylic acids is 1. The zero-order valence-corrected chi connectivity index (χ0v) is 13.1. The summed E-state index contributed by atoms with van der Waals surface area (Å²) in [6.07, 6.45) is 3.68. The number of nitrogens with one attached hydrogen (secondary N) is 2. The van der Waals surface area contributed by atoms with Crippen LogP contribution < -0.4 is 10.9 Å². The number of carbonyl (C=O) groups is 1. The second-order valence-electron chi connectivity index (χ2n) is 5.29. The largest absolute Gasteiger partial charge is 0.329 e. The number of hydrazine groups is 1. The lowest BCUT2D eigenvalue weighted by atomic mass is 10.2. The topological polar surface area (TPSA) is 56.7 Å². The monoisotopic (exact) mass is 318 g/mol. The van der Waals surface area contributed by atoms with Gasteiger partial charge in [-0.15, -0.1) is 0 Å². The highest BCUT2D eigenvalue weighted by molar-refractivity contribution is 5.99. The molecule has 1 heterocycles. The molecule has 0 aromatic heterocycles. The highest BCUT2D eigenvalue weighted by Crippen LogP contribution is 2.14. The van der Waals surface area contributed by atoms with Crippen molar-refractivity contribution in [3.8, 4) is 0 Å². The van der Waals surface area contributed by atoms with Gasteiger partial charge in [0.15, 0.2) is 0 Å². The predicted octanol–water partition coefficient (Wildman–Crippen LogP) is 2.82. The second kappa shape index (κ2) is 7.28. The first-order chi connectivity index (χ1) is 11.7. The van der Waals surface area contributed by atoms with Gasteiger partial charge in [-0.25, -0.2) is 4.99 Å². The minimum atomic E-state index is -0.218. The Morgan fingerprint density at radius 3 is 2.38 bits per heavy atom. The number of benzene rings is 2. The zero-order valence-electron chi connectivity index (χ0n) is 13.1. The normalized spacial score (nSPS) is 13.4. The third-order valence-corrected chi connectivity index (χ3v) is 3.53. The second-order valence-corrected chi connectivity index (χ2v) is 5.29. The fourth-order valence-electron chi connectivity index (χ4n) is 2.26. The van der Waals surface area contributed by atoms with Crippen LogP contribution in [0.5, 0.6) is 0 Å². The summed E-state index contributed by atoms with van der Waals surface area (Å²) in [6, 6.07) is 19.1. The van der Waals surface area contributed by atoms with Gasteiger partial charge in [-0.2, -0.15) is 0 Å². The highest BCUT2D eigenvalue weighted by atomic mass is 16.2. The molecule has 0 aliphatic carbocycles. The van der Waals surface area contributed by atoms with Crippen molar-refractivity contribution in [2.45, 2.75) is 6.54 Å². The molecule has 120 valence electrons. The van der Waals surface area contributed by atoms with Crippen LogP contribution in [0.3, 0.4) is 0 Å². The summed E-state index contributed by atoms with van der Waals surface area (Å²) in [5, 5.41) is 0. The fourth-order valence-corrected chi connectivity index (χ4v) is 2.26. The van der Waals surface area contributed by atoms with Crippen LogP contribution >= 0.6 is 0 Å². The Morgan fingerprint density at radius 2 is 1.71 bits per heavy atom. The first-order valence-corrected chi connectivity index (χ1v) is 7.60. The molecule has 3 rings (SSSR count). The van der Waals surface area contributed by atoms with Gasteiger partial charge in [-0.3, -0.25) is 15.6 Å². The van der Waals surface area contributed by atoms with Crippen LogP contribution in [0.1, 0.15) is 15.9 Å². The van der Waals surface area contributed by atoms with Gasteiger partial charge in [0.1, 0.15) is 11.7 Å². The SMILES string of the molecule is C=C1N=C(NNC(=O)c2ccccc2)C=CN1Cc1ccccc1. The summed E-state index contributed by atoms with van der Waals surface area (Å²) in [5.74, 6) is 0.926. The van der Waals surface area contributed by atoms with E-state index in [-0.39, 0.29) is 5.91 Å². The van der Waals surface area contributed by atoms with Crippen molar-refractivity contribution >= 4 is 11.7 Å². The van der Waals surface area contributed by atoms with Crippen LogP contribution in [-0.4, -0.2) is 16.6 Å². The summed E-state index contributed by atoms with van der Waals surface area (Å²) in [7, 11) is 0. The number of rotatable bonds is 3. The summed E-state index contributed by atoms with van der Waals surface area (Å²) in [4.78, 5) is 18.3. The van der Waals surface area contributed by atoms with E-state index in [1.54, 1.807) is 18.2 Å². The molecule has 24 heavy (non-hydrogen) atoms. The Morgan fingerprint density at radius 1 is 1.04 bits per heavy atom. The molecular formula is C19H18N4O. The van der Waals surface area contributed by atoms with Crippen LogP contribution in [0, 0.1) is 0 Å². The molecule has 5 heteroatoms. The van der Waals surface area contributed by atoms with Crippen molar-refractivity contribution in [3.05, 3.63) is 96.5 Å². The molecule has 0 fully saturated rings. The summed E-state index contributed by atoms with van der Waals surface area (Å²) in [5.41, 5.74) is 7.19. The van der Waals surface area contributed by atoms with Gasteiger partial charge in [0.25, 0.3) is 5.91 Å². The average molecular weight is 318 g/mol. The van der Waals surface area contributed by atoms with Crippen molar-refractivity contribution in [1.29, 1.82) is 0 Å². The van der Waals surface area contributed by atoms with Crippen molar-refractivity contribution in [2.75, 3.05) is 0 Å². The number of nitrogens with zero attached hydrogens (tertiary/aromatic N) is 2.